The largest absolute Gasteiger partial charge is 0.458 e. The van der Waals surface area contributed by atoms with Gasteiger partial charge in [0.15, 0.2) is 4.67 Å². The predicted molar refractivity (Wildman–Crippen MR) is 79.3 cm³/mol. The second kappa shape index (κ2) is 6.85. The topological polar surface area (TPSA) is 39.4 Å². The van der Waals surface area contributed by atoms with Crippen LogP contribution in [-0.2, 0) is 16.1 Å². The van der Waals surface area contributed by atoms with E-state index in [2.05, 4.69) is 31.9 Å². The van der Waals surface area contributed by atoms with Gasteiger partial charge in [0.1, 0.15) is 18.2 Å². The fraction of sp³-hybridized carbons (Fsp3) is 0.0714. The summed E-state index contributed by atoms with van der Waals surface area (Å²) in [6.45, 7) is -0.121. The summed E-state index contributed by atoms with van der Waals surface area (Å²) in [6.07, 6.45) is 2.70. The van der Waals surface area contributed by atoms with E-state index in [9.17, 15) is 9.18 Å². The third kappa shape index (κ3) is 4.31. The Morgan fingerprint density at radius 1 is 1.30 bits per heavy atom. The Hall–Kier alpha value is -1.40. The van der Waals surface area contributed by atoms with Gasteiger partial charge in [-0.05, 0) is 46.3 Å². The maximum atomic E-state index is 13.5. The standard InChI is InChI=1S/C14H9Br2FO3/c15-10-2-1-9(12(17)7-10)8-19-14(18)6-4-11-3-5-13(16)20-11/h1-7H,8H2/b6-4+. The fourth-order valence-electron chi connectivity index (χ4n) is 1.40. The molecular weight excluding hydrogens is 395 g/mol. The Kier molecular flexibility index (Phi) is 5.14. The average molecular weight is 404 g/mol. The van der Waals surface area contributed by atoms with E-state index in [4.69, 9.17) is 9.15 Å². The van der Waals surface area contributed by atoms with Crippen molar-refractivity contribution in [1.29, 1.82) is 0 Å². The van der Waals surface area contributed by atoms with E-state index in [1.165, 1.54) is 18.2 Å². The van der Waals surface area contributed by atoms with E-state index in [1.807, 2.05) is 0 Å². The Morgan fingerprint density at radius 3 is 2.75 bits per heavy atom. The molecular formula is C14H9Br2FO3. The van der Waals surface area contributed by atoms with Gasteiger partial charge >= 0.3 is 5.97 Å². The molecule has 2 aromatic rings. The lowest BCUT2D eigenvalue weighted by Crippen LogP contribution is -2.02. The fourth-order valence-corrected chi connectivity index (χ4v) is 2.06. The molecule has 0 unspecified atom stereocenters. The van der Waals surface area contributed by atoms with E-state index in [1.54, 1.807) is 24.3 Å². The Balaban J connectivity index is 1.90. The first kappa shape index (κ1) is 15.0. The van der Waals surface area contributed by atoms with Crippen LogP contribution in [0, 0.1) is 5.82 Å². The van der Waals surface area contributed by atoms with E-state index >= 15 is 0 Å². The third-order valence-electron chi connectivity index (χ3n) is 2.36. The summed E-state index contributed by atoms with van der Waals surface area (Å²) in [5, 5.41) is 0. The maximum absolute atomic E-state index is 13.5. The van der Waals surface area contributed by atoms with Crippen LogP contribution in [0.2, 0.25) is 0 Å². The lowest BCUT2D eigenvalue weighted by atomic mass is 10.2. The van der Waals surface area contributed by atoms with Crippen molar-refractivity contribution in [1.82, 2.24) is 0 Å². The lowest BCUT2D eigenvalue weighted by molar-refractivity contribution is -0.138. The highest BCUT2D eigenvalue weighted by molar-refractivity contribution is 9.10. The molecule has 3 nitrogen and oxygen atoms in total. The van der Waals surface area contributed by atoms with Crippen molar-refractivity contribution >= 4 is 43.9 Å². The van der Waals surface area contributed by atoms with Gasteiger partial charge < -0.3 is 9.15 Å². The summed E-state index contributed by atoms with van der Waals surface area (Å²) in [4.78, 5) is 11.5. The molecule has 0 aliphatic rings. The first-order valence-corrected chi connectivity index (χ1v) is 7.17. The zero-order valence-electron chi connectivity index (χ0n) is 10.1. The second-order valence-electron chi connectivity index (χ2n) is 3.82. The maximum Gasteiger partial charge on any atom is 0.331 e. The summed E-state index contributed by atoms with van der Waals surface area (Å²) < 4.78 is 24.8. The number of esters is 1. The van der Waals surface area contributed by atoms with Crippen molar-refractivity contribution in [2.24, 2.45) is 0 Å². The zero-order valence-corrected chi connectivity index (χ0v) is 13.3. The van der Waals surface area contributed by atoms with Crippen LogP contribution in [0.15, 0.2) is 50.0 Å². The molecule has 0 fully saturated rings. The van der Waals surface area contributed by atoms with Crippen molar-refractivity contribution in [3.05, 3.63) is 62.7 Å². The number of halogens is 3. The number of carbonyl (C=O) groups excluding carboxylic acids is 1. The Bertz CT molecular complexity index is 650. The summed E-state index contributed by atoms with van der Waals surface area (Å²) in [5.74, 6) is -0.477. The van der Waals surface area contributed by atoms with Gasteiger partial charge in [0.05, 0.1) is 0 Å². The molecule has 0 aliphatic carbocycles. The van der Waals surface area contributed by atoms with E-state index < -0.39 is 11.8 Å². The van der Waals surface area contributed by atoms with Gasteiger partial charge in [-0.3, -0.25) is 0 Å². The molecule has 0 saturated carbocycles. The summed E-state index contributed by atoms with van der Waals surface area (Å²) >= 11 is 6.31. The van der Waals surface area contributed by atoms with Crippen molar-refractivity contribution in [3.8, 4) is 0 Å². The van der Waals surface area contributed by atoms with E-state index in [0.717, 1.165) is 0 Å². The van der Waals surface area contributed by atoms with Crippen molar-refractivity contribution in [2.75, 3.05) is 0 Å². The molecule has 1 aromatic heterocycles. The monoisotopic (exact) mass is 402 g/mol. The van der Waals surface area contributed by atoms with Crippen LogP contribution in [0.25, 0.3) is 6.08 Å². The van der Waals surface area contributed by atoms with Gasteiger partial charge in [0, 0.05) is 16.1 Å². The smallest absolute Gasteiger partial charge is 0.331 e. The quantitative estimate of drug-likeness (QED) is 0.548. The van der Waals surface area contributed by atoms with Gasteiger partial charge in [-0.2, -0.15) is 0 Å². The molecule has 0 radical (unpaired) electrons. The molecule has 0 N–H and O–H groups in total. The highest BCUT2D eigenvalue weighted by Crippen LogP contribution is 2.17. The van der Waals surface area contributed by atoms with Crippen molar-refractivity contribution in [2.45, 2.75) is 6.61 Å². The molecule has 0 spiro atoms. The van der Waals surface area contributed by atoms with E-state index in [-0.39, 0.29) is 6.61 Å². The third-order valence-corrected chi connectivity index (χ3v) is 3.28. The molecule has 0 aliphatic heterocycles. The second-order valence-corrected chi connectivity index (χ2v) is 5.52. The van der Waals surface area contributed by atoms with Crippen LogP contribution < -0.4 is 0 Å². The molecule has 0 saturated heterocycles. The number of hydrogen-bond acceptors (Lipinski definition) is 3. The molecule has 0 atom stereocenters. The minimum Gasteiger partial charge on any atom is -0.458 e. The molecule has 104 valence electrons. The number of carbonyl (C=O) groups is 1. The van der Waals surface area contributed by atoms with Crippen LogP contribution in [0.3, 0.4) is 0 Å². The molecule has 20 heavy (non-hydrogen) atoms. The number of rotatable bonds is 4. The molecule has 0 amide bonds. The van der Waals surface area contributed by atoms with Crippen LogP contribution >= 0.6 is 31.9 Å². The molecule has 0 bridgehead atoms. The van der Waals surface area contributed by atoms with Crippen LogP contribution in [0.4, 0.5) is 4.39 Å². The van der Waals surface area contributed by atoms with Gasteiger partial charge in [0.2, 0.25) is 0 Å². The Morgan fingerprint density at radius 2 is 2.10 bits per heavy atom. The lowest BCUT2D eigenvalue weighted by Gasteiger charge is -2.04. The van der Waals surface area contributed by atoms with E-state index in [0.29, 0.717) is 20.5 Å². The molecule has 1 aromatic carbocycles. The molecule has 1 heterocycles. The summed E-state index contributed by atoms with van der Waals surface area (Å²) in [5.41, 5.74) is 0.315. The first-order valence-electron chi connectivity index (χ1n) is 5.59. The SMILES string of the molecule is O=C(/C=C/c1ccc(Br)o1)OCc1ccc(Br)cc1F. The molecule has 2 rings (SSSR count). The first-order chi connectivity index (χ1) is 9.54. The average Bonchev–Trinajstić information content (AvgIpc) is 2.81. The van der Waals surface area contributed by atoms with Gasteiger partial charge in [0.25, 0.3) is 0 Å². The number of ether oxygens (including phenoxy) is 1. The van der Waals surface area contributed by atoms with Gasteiger partial charge in [-0.1, -0.05) is 22.0 Å². The number of furan rings is 1. The normalized spacial score (nSPS) is 10.9. The van der Waals surface area contributed by atoms with Crippen LogP contribution in [-0.4, -0.2) is 5.97 Å². The highest BCUT2D eigenvalue weighted by atomic mass is 79.9. The van der Waals surface area contributed by atoms with Crippen molar-refractivity contribution < 1.29 is 18.3 Å². The minimum atomic E-state index is -0.570. The highest BCUT2D eigenvalue weighted by Gasteiger charge is 2.05. The Labute approximate surface area is 131 Å². The summed E-state index contributed by atoms with van der Waals surface area (Å²) in [7, 11) is 0. The molecule has 6 heteroatoms. The number of benzene rings is 1. The van der Waals surface area contributed by atoms with Crippen LogP contribution in [0.5, 0.6) is 0 Å². The van der Waals surface area contributed by atoms with Crippen LogP contribution in [0.1, 0.15) is 11.3 Å². The zero-order chi connectivity index (χ0) is 14.5. The number of hydrogen-bond donors (Lipinski definition) is 0. The van der Waals surface area contributed by atoms with Gasteiger partial charge in [-0.25, -0.2) is 9.18 Å². The predicted octanol–water partition coefficient (Wildman–Crippen LogP) is 4.70. The summed E-state index contributed by atoms with van der Waals surface area (Å²) in [6, 6.07) is 7.96. The van der Waals surface area contributed by atoms with Gasteiger partial charge in [-0.15, -0.1) is 0 Å². The minimum absolute atomic E-state index is 0.121. The van der Waals surface area contributed by atoms with Crippen molar-refractivity contribution in [3.63, 3.8) is 0 Å².